The first-order valence-electron chi connectivity index (χ1n) is 8.87. The van der Waals surface area contributed by atoms with E-state index >= 15 is 0 Å². The zero-order chi connectivity index (χ0) is 20.2. The van der Waals surface area contributed by atoms with Crippen LogP contribution >= 0.6 is 0 Å². The molecule has 1 unspecified atom stereocenters. The van der Waals surface area contributed by atoms with E-state index in [0.29, 0.717) is 5.76 Å². The van der Waals surface area contributed by atoms with Crippen LogP contribution in [-0.2, 0) is 10.0 Å². The predicted molar refractivity (Wildman–Crippen MR) is 95.2 cm³/mol. The van der Waals surface area contributed by atoms with Crippen LogP contribution in [-0.4, -0.2) is 39.3 Å². The third-order valence-corrected chi connectivity index (χ3v) is 5.98. The maximum atomic E-state index is 12.6. The largest absolute Gasteiger partial charge is 0.573 e. The van der Waals surface area contributed by atoms with Crippen molar-refractivity contribution in [2.24, 2.45) is 0 Å². The summed E-state index contributed by atoms with van der Waals surface area (Å²) in [5, 5.41) is 0. The van der Waals surface area contributed by atoms with Gasteiger partial charge in [-0.15, -0.1) is 13.2 Å². The Kier molecular flexibility index (Phi) is 6.31. The van der Waals surface area contributed by atoms with Crippen molar-refractivity contribution in [1.29, 1.82) is 0 Å². The van der Waals surface area contributed by atoms with Gasteiger partial charge in [0.05, 0.1) is 17.2 Å². The van der Waals surface area contributed by atoms with E-state index in [-0.39, 0.29) is 17.5 Å². The van der Waals surface area contributed by atoms with Gasteiger partial charge in [0.1, 0.15) is 11.5 Å². The standard InChI is InChI=1S/C18H21F3N2O4S/c19-18(20,21)27-14-6-8-15(9-7-14)28(24,25)22-13-16(17-5-4-12-26-17)23-10-2-1-3-11-23/h4-9,12,16,22H,1-3,10-11,13H2. The van der Waals surface area contributed by atoms with E-state index in [1.54, 1.807) is 18.4 Å². The summed E-state index contributed by atoms with van der Waals surface area (Å²) < 4.78 is 73.6. The average Bonchev–Trinajstić information content (AvgIpc) is 3.16. The molecule has 28 heavy (non-hydrogen) atoms. The van der Waals surface area contributed by atoms with Crippen LogP contribution in [0.3, 0.4) is 0 Å². The van der Waals surface area contributed by atoms with Crippen LogP contribution in [0.1, 0.15) is 31.1 Å². The molecule has 1 aromatic heterocycles. The quantitative estimate of drug-likeness (QED) is 0.743. The zero-order valence-corrected chi connectivity index (χ0v) is 15.8. The van der Waals surface area contributed by atoms with Gasteiger partial charge in [-0.05, 0) is 62.3 Å². The molecular formula is C18H21F3N2O4S. The van der Waals surface area contributed by atoms with Gasteiger partial charge in [0, 0.05) is 6.54 Å². The SMILES string of the molecule is O=S(=O)(NCC(c1ccco1)N1CCCCC1)c1ccc(OC(F)(F)F)cc1. The molecule has 1 saturated heterocycles. The lowest BCUT2D eigenvalue weighted by Crippen LogP contribution is -2.40. The number of benzene rings is 1. The molecule has 0 bridgehead atoms. The van der Waals surface area contributed by atoms with Crippen molar-refractivity contribution >= 4 is 10.0 Å². The number of rotatable bonds is 7. The summed E-state index contributed by atoms with van der Waals surface area (Å²) in [6, 6.07) is 7.39. The van der Waals surface area contributed by atoms with Gasteiger partial charge in [-0.1, -0.05) is 6.42 Å². The third kappa shape index (κ3) is 5.49. The number of piperidine rings is 1. The van der Waals surface area contributed by atoms with Gasteiger partial charge in [0.15, 0.2) is 0 Å². The van der Waals surface area contributed by atoms with E-state index in [1.807, 2.05) is 0 Å². The summed E-state index contributed by atoms with van der Waals surface area (Å²) in [5.41, 5.74) is 0. The van der Waals surface area contributed by atoms with Gasteiger partial charge < -0.3 is 9.15 Å². The van der Waals surface area contributed by atoms with E-state index in [0.717, 1.165) is 56.6 Å². The highest BCUT2D eigenvalue weighted by Crippen LogP contribution is 2.26. The molecule has 1 aliphatic rings. The molecular weight excluding hydrogens is 397 g/mol. The summed E-state index contributed by atoms with van der Waals surface area (Å²) in [6.45, 7) is 1.78. The van der Waals surface area contributed by atoms with Gasteiger partial charge >= 0.3 is 6.36 Å². The fourth-order valence-corrected chi connectivity index (χ4v) is 4.25. The highest BCUT2D eigenvalue weighted by atomic mass is 32.2. The zero-order valence-electron chi connectivity index (χ0n) is 15.0. The normalized spacial score (nSPS) is 17.4. The molecule has 6 nitrogen and oxygen atoms in total. The monoisotopic (exact) mass is 418 g/mol. The van der Waals surface area contributed by atoms with Gasteiger partial charge in [0.25, 0.3) is 0 Å². The third-order valence-electron chi connectivity index (χ3n) is 4.54. The maximum absolute atomic E-state index is 12.6. The number of furan rings is 1. The van der Waals surface area contributed by atoms with Crippen molar-refractivity contribution in [3.05, 3.63) is 48.4 Å². The Morgan fingerprint density at radius 3 is 2.36 bits per heavy atom. The Labute approximate surface area is 161 Å². The van der Waals surface area contributed by atoms with Crippen molar-refractivity contribution in [1.82, 2.24) is 9.62 Å². The Balaban J connectivity index is 1.70. The van der Waals surface area contributed by atoms with Crippen molar-refractivity contribution in [2.75, 3.05) is 19.6 Å². The number of sulfonamides is 1. The average molecular weight is 418 g/mol. The van der Waals surface area contributed by atoms with Crippen molar-refractivity contribution < 1.29 is 30.7 Å². The molecule has 1 aromatic carbocycles. The minimum Gasteiger partial charge on any atom is -0.468 e. The fourth-order valence-electron chi connectivity index (χ4n) is 3.21. The van der Waals surface area contributed by atoms with E-state index < -0.39 is 22.1 Å². The summed E-state index contributed by atoms with van der Waals surface area (Å²) in [7, 11) is -3.90. The molecule has 2 heterocycles. The number of nitrogens with one attached hydrogen (secondary N) is 1. The van der Waals surface area contributed by atoms with Crippen molar-refractivity contribution in [3.63, 3.8) is 0 Å². The number of hydrogen-bond acceptors (Lipinski definition) is 5. The number of halogens is 3. The topological polar surface area (TPSA) is 71.8 Å². The van der Waals surface area contributed by atoms with Gasteiger partial charge in [-0.2, -0.15) is 0 Å². The molecule has 1 atom stereocenters. The lowest BCUT2D eigenvalue weighted by atomic mass is 10.1. The molecule has 0 spiro atoms. The van der Waals surface area contributed by atoms with Crippen molar-refractivity contribution in [3.8, 4) is 5.75 Å². The second kappa shape index (κ2) is 8.54. The smallest absolute Gasteiger partial charge is 0.468 e. The maximum Gasteiger partial charge on any atom is 0.573 e. The molecule has 2 aromatic rings. The summed E-state index contributed by atoms with van der Waals surface area (Å²) in [6.07, 6.45) is -0.0851. The molecule has 3 rings (SSSR count). The number of alkyl halides is 3. The Morgan fingerprint density at radius 1 is 1.11 bits per heavy atom. The molecule has 0 amide bonds. The molecule has 0 radical (unpaired) electrons. The predicted octanol–water partition coefficient (Wildman–Crippen LogP) is 3.68. The Morgan fingerprint density at radius 2 is 1.79 bits per heavy atom. The molecule has 10 heteroatoms. The van der Waals surface area contributed by atoms with Crippen LogP contribution in [0.2, 0.25) is 0 Å². The van der Waals surface area contributed by atoms with E-state index in [9.17, 15) is 21.6 Å². The van der Waals surface area contributed by atoms with Crippen LogP contribution in [0.5, 0.6) is 5.75 Å². The first-order chi connectivity index (χ1) is 13.2. The molecule has 0 saturated carbocycles. The molecule has 1 fully saturated rings. The van der Waals surface area contributed by atoms with Crippen LogP contribution in [0.25, 0.3) is 0 Å². The molecule has 1 N–H and O–H groups in total. The lowest BCUT2D eigenvalue weighted by molar-refractivity contribution is -0.274. The fraction of sp³-hybridized carbons (Fsp3) is 0.444. The number of hydrogen-bond donors (Lipinski definition) is 1. The van der Waals surface area contributed by atoms with Gasteiger partial charge in [-0.3, -0.25) is 4.90 Å². The van der Waals surface area contributed by atoms with Crippen LogP contribution < -0.4 is 9.46 Å². The Bertz CT molecular complexity index is 846. The molecule has 154 valence electrons. The highest BCUT2D eigenvalue weighted by Gasteiger charge is 2.31. The summed E-state index contributed by atoms with van der Waals surface area (Å²) in [5.74, 6) is 0.187. The van der Waals surface area contributed by atoms with Crippen molar-refractivity contribution in [2.45, 2.75) is 36.6 Å². The first kappa shape index (κ1) is 20.7. The van der Waals surface area contributed by atoms with E-state index in [4.69, 9.17) is 4.42 Å². The highest BCUT2D eigenvalue weighted by molar-refractivity contribution is 7.89. The van der Waals surface area contributed by atoms with Crippen LogP contribution in [0.4, 0.5) is 13.2 Å². The summed E-state index contributed by atoms with van der Waals surface area (Å²) >= 11 is 0. The second-order valence-corrected chi connectivity index (χ2v) is 8.27. The lowest BCUT2D eigenvalue weighted by Gasteiger charge is -2.33. The van der Waals surface area contributed by atoms with Crippen LogP contribution in [0.15, 0.2) is 52.0 Å². The molecule has 1 aliphatic heterocycles. The van der Waals surface area contributed by atoms with Gasteiger partial charge in [0.2, 0.25) is 10.0 Å². The minimum atomic E-state index is -4.83. The van der Waals surface area contributed by atoms with Gasteiger partial charge in [-0.25, -0.2) is 13.1 Å². The minimum absolute atomic E-state index is 0.0939. The number of likely N-dealkylation sites (tertiary alicyclic amines) is 1. The second-order valence-electron chi connectivity index (χ2n) is 6.50. The van der Waals surface area contributed by atoms with E-state index in [1.165, 1.54) is 0 Å². The summed E-state index contributed by atoms with van der Waals surface area (Å²) in [4.78, 5) is 2.03. The Hall–Kier alpha value is -2.04. The first-order valence-corrected chi connectivity index (χ1v) is 10.4. The van der Waals surface area contributed by atoms with Crippen LogP contribution in [0, 0.1) is 0 Å². The number of nitrogens with zero attached hydrogens (tertiary/aromatic N) is 1. The molecule has 0 aliphatic carbocycles. The number of ether oxygens (including phenoxy) is 1. The van der Waals surface area contributed by atoms with E-state index in [2.05, 4.69) is 14.4 Å².